The fourth-order valence-corrected chi connectivity index (χ4v) is 1.64. The number of nitrogens with one attached hydrogen (secondary N) is 1. The SMILES string of the molecule is COc1ccc([N+](=O)[O-])c(OC2CCNC2)n1. The average Bonchev–Trinajstić information content (AvgIpc) is 2.81. The van der Waals surface area contributed by atoms with Gasteiger partial charge in [0.25, 0.3) is 5.88 Å². The van der Waals surface area contributed by atoms with E-state index < -0.39 is 4.92 Å². The van der Waals surface area contributed by atoms with E-state index in [4.69, 9.17) is 9.47 Å². The summed E-state index contributed by atoms with van der Waals surface area (Å²) in [5, 5.41) is 13.9. The van der Waals surface area contributed by atoms with Crippen LogP contribution in [0.3, 0.4) is 0 Å². The van der Waals surface area contributed by atoms with E-state index in [1.165, 1.54) is 19.2 Å². The molecule has 17 heavy (non-hydrogen) atoms. The topological polar surface area (TPSA) is 86.5 Å². The molecule has 92 valence electrons. The Morgan fingerprint density at radius 3 is 3.00 bits per heavy atom. The number of hydrogen-bond acceptors (Lipinski definition) is 6. The molecule has 0 aliphatic carbocycles. The van der Waals surface area contributed by atoms with E-state index in [1.54, 1.807) is 0 Å². The van der Waals surface area contributed by atoms with Crippen molar-refractivity contribution < 1.29 is 14.4 Å². The molecule has 0 aromatic carbocycles. The van der Waals surface area contributed by atoms with Crippen molar-refractivity contribution in [2.75, 3.05) is 20.2 Å². The van der Waals surface area contributed by atoms with Crippen molar-refractivity contribution >= 4 is 5.69 Å². The van der Waals surface area contributed by atoms with Crippen molar-refractivity contribution in [2.45, 2.75) is 12.5 Å². The first-order valence-corrected chi connectivity index (χ1v) is 5.27. The highest BCUT2D eigenvalue weighted by Gasteiger charge is 2.23. The Hall–Kier alpha value is -1.89. The van der Waals surface area contributed by atoms with Gasteiger partial charge in [0.1, 0.15) is 6.10 Å². The Kier molecular flexibility index (Phi) is 3.38. The Labute approximate surface area is 97.9 Å². The molecular weight excluding hydrogens is 226 g/mol. The first kappa shape index (κ1) is 11.6. The molecule has 0 radical (unpaired) electrons. The molecule has 1 N–H and O–H groups in total. The minimum absolute atomic E-state index is 0.0167. The molecule has 7 nitrogen and oxygen atoms in total. The molecular formula is C10H13N3O4. The van der Waals surface area contributed by atoms with Crippen molar-refractivity contribution in [3.63, 3.8) is 0 Å². The molecule has 0 amide bonds. The molecule has 1 aromatic rings. The third-order valence-electron chi connectivity index (χ3n) is 2.51. The summed E-state index contributed by atoms with van der Waals surface area (Å²) in [5.41, 5.74) is -0.141. The summed E-state index contributed by atoms with van der Waals surface area (Å²) >= 11 is 0. The van der Waals surface area contributed by atoms with Gasteiger partial charge in [-0.3, -0.25) is 10.1 Å². The second-order valence-corrected chi connectivity index (χ2v) is 3.67. The van der Waals surface area contributed by atoms with Gasteiger partial charge in [0.2, 0.25) is 5.88 Å². The number of nitrogens with zero attached hydrogens (tertiary/aromatic N) is 2. The van der Waals surface area contributed by atoms with E-state index in [2.05, 4.69) is 10.3 Å². The fourth-order valence-electron chi connectivity index (χ4n) is 1.64. The van der Waals surface area contributed by atoms with E-state index >= 15 is 0 Å². The van der Waals surface area contributed by atoms with Crippen molar-refractivity contribution in [1.29, 1.82) is 0 Å². The summed E-state index contributed by atoms with van der Waals surface area (Å²) in [6, 6.07) is 2.78. The van der Waals surface area contributed by atoms with Gasteiger partial charge in [0, 0.05) is 18.7 Å². The van der Waals surface area contributed by atoms with Crippen LogP contribution in [0, 0.1) is 10.1 Å². The molecule has 0 bridgehead atoms. The Balaban J connectivity index is 2.24. The van der Waals surface area contributed by atoms with Gasteiger partial charge in [-0.25, -0.2) is 0 Å². The van der Waals surface area contributed by atoms with Crippen LogP contribution in [0.4, 0.5) is 5.69 Å². The molecule has 2 heterocycles. The summed E-state index contributed by atoms with van der Waals surface area (Å²) in [6.07, 6.45) is 0.740. The highest BCUT2D eigenvalue weighted by molar-refractivity contribution is 5.43. The van der Waals surface area contributed by atoms with Gasteiger partial charge in [0.05, 0.1) is 12.0 Å². The Morgan fingerprint density at radius 2 is 2.41 bits per heavy atom. The maximum Gasteiger partial charge on any atom is 0.331 e. The lowest BCUT2D eigenvalue weighted by molar-refractivity contribution is -0.386. The Morgan fingerprint density at radius 1 is 1.59 bits per heavy atom. The summed E-state index contributed by atoms with van der Waals surface area (Å²) in [7, 11) is 1.45. The molecule has 1 fully saturated rings. The number of ether oxygens (including phenoxy) is 2. The molecule has 2 rings (SSSR count). The molecule has 1 saturated heterocycles. The monoisotopic (exact) mass is 239 g/mol. The van der Waals surface area contributed by atoms with Gasteiger partial charge in [-0.1, -0.05) is 0 Å². The lowest BCUT2D eigenvalue weighted by Crippen LogP contribution is -2.20. The second kappa shape index (κ2) is 4.96. The van der Waals surface area contributed by atoms with Crippen LogP contribution >= 0.6 is 0 Å². The van der Waals surface area contributed by atoms with Crippen LogP contribution in [0.25, 0.3) is 0 Å². The first-order valence-electron chi connectivity index (χ1n) is 5.27. The minimum atomic E-state index is -0.510. The van der Waals surface area contributed by atoms with Gasteiger partial charge in [-0.05, 0) is 13.0 Å². The van der Waals surface area contributed by atoms with Crippen LogP contribution in [-0.2, 0) is 0 Å². The summed E-state index contributed by atoms with van der Waals surface area (Å²) in [6.45, 7) is 1.53. The Bertz CT molecular complexity index is 418. The normalized spacial score (nSPS) is 19.0. The number of nitro groups is 1. The maximum atomic E-state index is 10.8. The second-order valence-electron chi connectivity index (χ2n) is 3.67. The molecule has 1 aromatic heterocycles. The number of methoxy groups -OCH3 is 1. The zero-order valence-corrected chi connectivity index (χ0v) is 9.38. The van der Waals surface area contributed by atoms with Crippen LogP contribution in [0.1, 0.15) is 6.42 Å². The molecule has 1 aliphatic rings. The predicted molar refractivity (Wildman–Crippen MR) is 59.3 cm³/mol. The van der Waals surface area contributed by atoms with Crippen molar-refractivity contribution in [3.05, 3.63) is 22.2 Å². The lowest BCUT2D eigenvalue weighted by Gasteiger charge is -2.11. The van der Waals surface area contributed by atoms with E-state index in [0.717, 1.165) is 13.0 Å². The smallest absolute Gasteiger partial charge is 0.331 e. The standard InChI is InChI=1S/C10H13N3O4/c1-16-9-3-2-8(13(14)15)10(12-9)17-7-4-5-11-6-7/h2-3,7,11H,4-6H2,1H3. The average molecular weight is 239 g/mol. The predicted octanol–water partition coefficient (Wildman–Crippen LogP) is 0.739. The summed E-state index contributed by atoms with van der Waals surface area (Å²) in [4.78, 5) is 14.3. The summed E-state index contributed by atoms with van der Waals surface area (Å²) in [5.74, 6) is 0.319. The third kappa shape index (κ3) is 2.62. The van der Waals surface area contributed by atoms with E-state index in [0.29, 0.717) is 12.4 Å². The van der Waals surface area contributed by atoms with Crippen molar-refractivity contribution in [1.82, 2.24) is 10.3 Å². The van der Waals surface area contributed by atoms with Gasteiger partial charge in [0.15, 0.2) is 0 Å². The molecule has 1 aliphatic heterocycles. The lowest BCUT2D eigenvalue weighted by atomic mass is 10.3. The van der Waals surface area contributed by atoms with Crippen LogP contribution < -0.4 is 14.8 Å². The highest BCUT2D eigenvalue weighted by Crippen LogP contribution is 2.28. The fraction of sp³-hybridized carbons (Fsp3) is 0.500. The van der Waals surface area contributed by atoms with Crippen LogP contribution in [-0.4, -0.2) is 36.2 Å². The van der Waals surface area contributed by atoms with Crippen LogP contribution in [0.2, 0.25) is 0 Å². The highest BCUT2D eigenvalue weighted by atomic mass is 16.6. The number of rotatable bonds is 4. The molecule has 0 spiro atoms. The first-order chi connectivity index (χ1) is 8.20. The number of hydrogen-bond donors (Lipinski definition) is 1. The quantitative estimate of drug-likeness (QED) is 0.616. The minimum Gasteiger partial charge on any atom is -0.481 e. The zero-order valence-electron chi connectivity index (χ0n) is 9.38. The maximum absolute atomic E-state index is 10.8. The van der Waals surface area contributed by atoms with Gasteiger partial charge >= 0.3 is 5.69 Å². The molecule has 0 saturated carbocycles. The van der Waals surface area contributed by atoms with Gasteiger partial charge in [-0.15, -0.1) is 0 Å². The van der Waals surface area contributed by atoms with Crippen LogP contribution in [0.15, 0.2) is 12.1 Å². The summed E-state index contributed by atoms with van der Waals surface area (Å²) < 4.78 is 10.4. The zero-order chi connectivity index (χ0) is 12.3. The van der Waals surface area contributed by atoms with Crippen LogP contribution in [0.5, 0.6) is 11.8 Å². The van der Waals surface area contributed by atoms with Crippen molar-refractivity contribution in [2.24, 2.45) is 0 Å². The molecule has 1 unspecified atom stereocenters. The van der Waals surface area contributed by atoms with E-state index in [9.17, 15) is 10.1 Å². The van der Waals surface area contributed by atoms with E-state index in [-0.39, 0.29) is 17.7 Å². The third-order valence-corrected chi connectivity index (χ3v) is 2.51. The number of pyridine rings is 1. The number of aromatic nitrogens is 1. The van der Waals surface area contributed by atoms with Crippen molar-refractivity contribution in [3.8, 4) is 11.8 Å². The van der Waals surface area contributed by atoms with Gasteiger partial charge < -0.3 is 14.8 Å². The van der Waals surface area contributed by atoms with E-state index in [1.807, 2.05) is 0 Å². The molecule has 1 atom stereocenters. The largest absolute Gasteiger partial charge is 0.481 e. The van der Waals surface area contributed by atoms with Gasteiger partial charge in [-0.2, -0.15) is 4.98 Å². The molecule has 7 heteroatoms.